The van der Waals surface area contributed by atoms with Crippen molar-refractivity contribution in [3.63, 3.8) is 0 Å². The third-order valence-electron chi connectivity index (χ3n) is 3.84. The van der Waals surface area contributed by atoms with Gasteiger partial charge in [0, 0.05) is 31.1 Å². The van der Waals surface area contributed by atoms with Gasteiger partial charge in [0.05, 0.1) is 18.1 Å². The van der Waals surface area contributed by atoms with Gasteiger partial charge >= 0.3 is 0 Å². The van der Waals surface area contributed by atoms with Crippen LogP contribution in [0, 0.1) is 0 Å². The summed E-state index contributed by atoms with van der Waals surface area (Å²) in [4.78, 5) is 16.2. The number of hydrogen-bond acceptors (Lipinski definition) is 5. The maximum atomic E-state index is 12.2. The van der Waals surface area contributed by atoms with Crippen molar-refractivity contribution in [2.75, 3.05) is 39.4 Å². The first-order chi connectivity index (χ1) is 11.2. The number of morpholine rings is 1. The predicted molar refractivity (Wildman–Crippen MR) is 96.6 cm³/mol. The highest BCUT2D eigenvalue weighted by Gasteiger charge is 2.12. The van der Waals surface area contributed by atoms with Crippen LogP contribution in [-0.4, -0.2) is 50.2 Å². The van der Waals surface area contributed by atoms with E-state index in [0.29, 0.717) is 6.54 Å². The summed E-state index contributed by atoms with van der Waals surface area (Å²) in [7, 11) is 0. The summed E-state index contributed by atoms with van der Waals surface area (Å²) in [5.41, 5.74) is 2.17. The van der Waals surface area contributed by atoms with Crippen molar-refractivity contribution in [2.45, 2.75) is 4.90 Å². The van der Waals surface area contributed by atoms with Crippen LogP contribution in [0.15, 0.2) is 40.6 Å². The van der Waals surface area contributed by atoms with Crippen LogP contribution in [-0.2, 0) is 4.74 Å². The molecule has 23 heavy (non-hydrogen) atoms. The van der Waals surface area contributed by atoms with E-state index < -0.39 is 0 Å². The van der Waals surface area contributed by atoms with Gasteiger partial charge in [-0.1, -0.05) is 12.1 Å². The number of hydrogen-bond donors (Lipinski definition) is 2. The first-order valence-corrected chi connectivity index (χ1v) is 9.01. The van der Waals surface area contributed by atoms with Crippen molar-refractivity contribution < 1.29 is 9.53 Å². The minimum Gasteiger partial charge on any atom is -0.379 e. The van der Waals surface area contributed by atoms with E-state index >= 15 is 0 Å². The molecule has 0 unspecified atom stereocenters. The molecule has 0 radical (unpaired) electrons. The molecule has 122 valence electrons. The van der Waals surface area contributed by atoms with Crippen LogP contribution in [0.3, 0.4) is 0 Å². The molecule has 1 aliphatic heterocycles. The number of rotatable bonds is 5. The van der Waals surface area contributed by atoms with E-state index in [1.165, 1.54) is 11.3 Å². The van der Waals surface area contributed by atoms with Gasteiger partial charge in [-0.2, -0.15) is 0 Å². The summed E-state index contributed by atoms with van der Waals surface area (Å²) >= 11 is 5.77. The fraction of sp³-hybridized carbons (Fsp3) is 0.353. The monoisotopic (exact) mass is 348 g/mol. The number of amides is 1. The lowest BCUT2D eigenvalue weighted by atomic mass is 10.1. The zero-order chi connectivity index (χ0) is 16.1. The van der Waals surface area contributed by atoms with Gasteiger partial charge in [-0.3, -0.25) is 9.69 Å². The first kappa shape index (κ1) is 16.5. The van der Waals surface area contributed by atoms with Crippen molar-refractivity contribution in [3.8, 4) is 11.1 Å². The fourth-order valence-corrected chi connectivity index (χ4v) is 3.48. The van der Waals surface area contributed by atoms with Crippen LogP contribution >= 0.6 is 24.0 Å². The van der Waals surface area contributed by atoms with Crippen molar-refractivity contribution in [1.82, 2.24) is 10.2 Å². The first-order valence-electron chi connectivity index (χ1n) is 7.68. The number of ether oxygens (including phenoxy) is 1. The molecule has 0 aliphatic carbocycles. The van der Waals surface area contributed by atoms with Gasteiger partial charge < -0.3 is 10.1 Å². The minimum atomic E-state index is 0.000301. The molecule has 0 bridgehead atoms. The summed E-state index contributed by atoms with van der Waals surface area (Å²) in [6, 6.07) is 9.90. The van der Waals surface area contributed by atoms with E-state index in [0.717, 1.165) is 53.7 Å². The number of carbonyl (C=O) groups excluding carboxylic acids is 1. The van der Waals surface area contributed by atoms with Crippen molar-refractivity contribution in [2.24, 2.45) is 0 Å². The van der Waals surface area contributed by atoms with E-state index in [-0.39, 0.29) is 5.91 Å². The van der Waals surface area contributed by atoms with Gasteiger partial charge in [0.15, 0.2) is 0 Å². The molecule has 4 nitrogen and oxygen atoms in total. The van der Waals surface area contributed by atoms with Crippen molar-refractivity contribution in [3.05, 3.63) is 40.6 Å². The Labute approximate surface area is 145 Å². The highest BCUT2D eigenvalue weighted by atomic mass is 32.1. The highest BCUT2D eigenvalue weighted by Crippen LogP contribution is 2.26. The smallest absolute Gasteiger partial charge is 0.261 e. The van der Waals surface area contributed by atoms with Crippen LogP contribution in [0.5, 0.6) is 0 Å². The molecule has 2 heterocycles. The minimum absolute atomic E-state index is 0.000301. The Kier molecular flexibility index (Phi) is 5.72. The molecule has 1 N–H and O–H groups in total. The van der Waals surface area contributed by atoms with Gasteiger partial charge in [-0.05, 0) is 34.7 Å². The summed E-state index contributed by atoms with van der Waals surface area (Å²) in [6.07, 6.45) is 0. The number of nitrogens with one attached hydrogen (secondary N) is 1. The molecule has 2 aromatic rings. The molecule has 1 amide bonds. The average Bonchev–Trinajstić information content (AvgIpc) is 3.06. The third kappa shape index (κ3) is 4.57. The Hall–Kier alpha value is -1.34. The lowest BCUT2D eigenvalue weighted by Crippen LogP contribution is -2.41. The topological polar surface area (TPSA) is 41.6 Å². The van der Waals surface area contributed by atoms with Crippen LogP contribution in [0.4, 0.5) is 0 Å². The molecule has 1 fully saturated rings. The molecule has 6 heteroatoms. The Morgan fingerprint density at radius 1 is 1.22 bits per heavy atom. The predicted octanol–water partition coefficient (Wildman–Crippen LogP) is 2.77. The standard InChI is InChI=1S/C17H20N2O2S2/c20-17(18-5-6-19-7-9-21-10-8-19)16-11-14(12-23-16)13-1-3-15(22)4-2-13/h1-4,11-12,22H,5-10H2,(H,18,20). The fourth-order valence-electron chi connectivity index (χ4n) is 2.50. The second-order valence-corrected chi connectivity index (χ2v) is 6.88. The molecule has 1 aliphatic rings. The normalized spacial score (nSPS) is 15.5. The van der Waals surface area contributed by atoms with Crippen LogP contribution in [0.25, 0.3) is 11.1 Å². The van der Waals surface area contributed by atoms with Crippen LogP contribution in [0.2, 0.25) is 0 Å². The number of thiol groups is 1. The van der Waals surface area contributed by atoms with Gasteiger partial charge in [0.25, 0.3) is 5.91 Å². The zero-order valence-electron chi connectivity index (χ0n) is 12.8. The quantitative estimate of drug-likeness (QED) is 0.817. The molecule has 1 aromatic heterocycles. The lowest BCUT2D eigenvalue weighted by molar-refractivity contribution is 0.0383. The molecular formula is C17H20N2O2S2. The second-order valence-electron chi connectivity index (χ2n) is 5.46. The molecular weight excluding hydrogens is 328 g/mol. The number of benzene rings is 1. The Morgan fingerprint density at radius 2 is 1.96 bits per heavy atom. The second kappa shape index (κ2) is 7.97. The van der Waals surface area contributed by atoms with E-state index in [4.69, 9.17) is 4.74 Å². The largest absolute Gasteiger partial charge is 0.379 e. The maximum Gasteiger partial charge on any atom is 0.261 e. The Morgan fingerprint density at radius 3 is 2.70 bits per heavy atom. The molecule has 1 aromatic carbocycles. The Balaban J connectivity index is 1.52. The van der Waals surface area contributed by atoms with Gasteiger partial charge in [0.2, 0.25) is 0 Å². The summed E-state index contributed by atoms with van der Waals surface area (Å²) in [5.74, 6) is 0.000301. The van der Waals surface area contributed by atoms with E-state index in [2.05, 4.69) is 22.8 Å². The molecule has 0 spiro atoms. The van der Waals surface area contributed by atoms with E-state index in [9.17, 15) is 4.79 Å². The molecule has 0 atom stereocenters. The van der Waals surface area contributed by atoms with Crippen molar-refractivity contribution in [1.29, 1.82) is 0 Å². The van der Waals surface area contributed by atoms with Crippen molar-refractivity contribution >= 4 is 29.9 Å². The summed E-state index contributed by atoms with van der Waals surface area (Å²) in [5, 5.41) is 5.02. The highest BCUT2D eigenvalue weighted by molar-refractivity contribution is 7.80. The SMILES string of the molecule is O=C(NCCN1CCOCC1)c1cc(-c2ccc(S)cc2)cs1. The number of nitrogens with zero attached hydrogens (tertiary/aromatic N) is 1. The molecule has 1 saturated heterocycles. The Bertz CT molecular complexity index is 649. The maximum absolute atomic E-state index is 12.2. The van der Waals surface area contributed by atoms with Gasteiger partial charge in [-0.15, -0.1) is 24.0 Å². The third-order valence-corrected chi connectivity index (χ3v) is 5.07. The van der Waals surface area contributed by atoms with E-state index in [1.54, 1.807) is 0 Å². The van der Waals surface area contributed by atoms with Crippen LogP contribution < -0.4 is 5.32 Å². The lowest BCUT2D eigenvalue weighted by Gasteiger charge is -2.26. The number of thiophene rings is 1. The summed E-state index contributed by atoms with van der Waals surface area (Å²) in [6.45, 7) is 5.00. The number of carbonyl (C=O) groups is 1. The molecule has 3 rings (SSSR count). The van der Waals surface area contributed by atoms with E-state index in [1.807, 2.05) is 35.7 Å². The zero-order valence-corrected chi connectivity index (χ0v) is 14.5. The van der Waals surface area contributed by atoms with Crippen LogP contribution in [0.1, 0.15) is 9.67 Å². The summed E-state index contributed by atoms with van der Waals surface area (Å²) < 4.78 is 5.32. The molecule has 0 saturated carbocycles. The van der Waals surface area contributed by atoms with Gasteiger partial charge in [-0.25, -0.2) is 0 Å². The van der Waals surface area contributed by atoms with Gasteiger partial charge in [0.1, 0.15) is 0 Å². The average molecular weight is 348 g/mol.